The largest absolute Gasteiger partial charge is 0.382 e. The molecule has 1 heterocycles. The second kappa shape index (κ2) is 7.30. The van der Waals surface area contributed by atoms with Crippen LogP contribution in [0.15, 0.2) is 12.4 Å². The Morgan fingerprint density at radius 1 is 1.26 bits per heavy atom. The molecule has 0 radical (unpaired) electrons. The van der Waals surface area contributed by atoms with E-state index in [0.29, 0.717) is 12.5 Å². The fourth-order valence-electron chi connectivity index (χ4n) is 1.24. The first-order chi connectivity index (χ1) is 8.99. The van der Waals surface area contributed by atoms with Crippen molar-refractivity contribution >= 4 is 17.6 Å². The molecule has 0 aromatic carbocycles. The molecule has 0 aliphatic rings. The van der Waals surface area contributed by atoms with Gasteiger partial charge in [0, 0.05) is 19.5 Å². The second-order valence-corrected chi connectivity index (χ2v) is 4.53. The Hall–Kier alpha value is -2.18. The van der Waals surface area contributed by atoms with Crippen LogP contribution in [0.3, 0.4) is 0 Å². The van der Waals surface area contributed by atoms with Gasteiger partial charge in [-0.1, -0.05) is 13.8 Å². The number of nitrogens with one attached hydrogen (secondary N) is 2. The number of carbonyl (C=O) groups excluding carboxylic acids is 2. The van der Waals surface area contributed by atoms with Gasteiger partial charge in [-0.2, -0.15) is 0 Å². The zero-order chi connectivity index (χ0) is 14.3. The minimum atomic E-state index is -0.371. The summed E-state index contributed by atoms with van der Waals surface area (Å²) in [5.74, 6) is 0.203. The van der Waals surface area contributed by atoms with Gasteiger partial charge < -0.3 is 16.4 Å². The van der Waals surface area contributed by atoms with Crippen LogP contribution in [0.4, 0.5) is 5.82 Å². The standard InChI is InChI=1S/C12H19N5O2/c1-8(2)5-17-11(18)3-4-14-12(19)9-6-16-10(13)7-15-9/h6-8H,3-5H2,1-2H3,(H2,13,16)(H,14,19)(H,17,18). The van der Waals surface area contributed by atoms with E-state index >= 15 is 0 Å². The van der Waals surface area contributed by atoms with Crippen LogP contribution >= 0.6 is 0 Å². The smallest absolute Gasteiger partial charge is 0.271 e. The lowest BCUT2D eigenvalue weighted by Crippen LogP contribution is -2.32. The molecular weight excluding hydrogens is 246 g/mol. The molecular formula is C12H19N5O2. The number of nitrogen functional groups attached to an aromatic ring is 1. The van der Waals surface area contributed by atoms with E-state index in [1.807, 2.05) is 13.8 Å². The summed E-state index contributed by atoms with van der Waals surface area (Å²) in [6, 6.07) is 0. The number of amides is 2. The number of hydrogen-bond donors (Lipinski definition) is 3. The van der Waals surface area contributed by atoms with Gasteiger partial charge in [-0.3, -0.25) is 9.59 Å². The molecule has 2 amide bonds. The number of rotatable bonds is 6. The lowest BCUT2D eigenvalue weighted by atomic mass is 10.2. The third-order valence-electron chi connectivity index (χ3n) is 2.25. The van der Waals surface area contributed by atoms with Crippen molar-refractivity contribution in [2.45, 2.75) is 20.3 Å². The van der Waals surface area contributed by atoms with Gasteiger partial charge in [-0.25, -0.2) is 9.97 Å². The molecule has 19 heavy (non-hydrogen) atoms. The van der Waals surface area contributed by atoms with Gasteiger partial charge in [0.1, 0.15) is 11.5 Å². The van der Waals surface area contributed by atoms with Gasteiger partial charge in [0.25, 0.3) is 5.91 Å². The number of aromatic nitrogens is 2. The van der Waals surface area contributed by atoms with Crippen LogP contribution in [0.5, 0.6) is 0 Å². The summed E-state index contributed by atoms with van der Waals surface area (Å²) in [4.78, 5) is 30.6. The SMILES string of the molecule is CC(C)CNC(=O)CCNC(=O)c1cnc(N)cn1. The second-order valence-electron chi connectivity index (χ2n) is 4.53. The molecule has 7 nitrogen and oxygen atoms in total. The lowest BCUT2D eigenvalue weighted by molar-refractivity contribution is -0.121. The number of anilines is 1. The van der Waals surface area contributed by atoms with Gasteiger partial charge in [-0.05, 0) is 5.92 Å². The van der Waals surface area contributed by atoms with E-state index in [4.69, 9.17) is 5.73 Å². The Balaban J connectivity index is 2.27. The quantitative estimate of drug-likeness (QED) is 0.668. The molecule has 1 aromatic heterocycles. The molecule has 1 aromatic rings. The fraction of sp³-hybridized carbons (Fsp3) is 0.500. The first kappa shape index (κ1) is 14.9. The highest BCUT2D eigenvalue weighted by molar-refractivity contribution is 5.92. The van der Waals surface area contributed by atoms with Crippen LogP contribution in [0.25, 0.3) is 0 Å². The van der Waals surface area contributed by atoms with E-state index in [1.165, 1.54) is 12.4 Å². The van der Waals surface area contributed by atoms with Crippen molar-refractivity contribution < 1.29 is 9.59 Å². The highest BCUT2D eigenvalue weighted by Crippen LogP contribution is 1.95. The number of carbonyl (C=O) groups is 2. The lowest BCUT2D eigenvalue weighted by Gasteiger charge is -2.08. The Bertz CT molecular complexity index is 430. The van der Waals surface area contributed by atoms with Crippen molar-refractivity contribution in [3.63, 3.8) is 0 Å². The molecule has 0 saturated heterocycles. The molecule has 7 heteroatoms. The first-order valence-electron chi connectivity index (χ1n) is 6.11. The minimum Gasteiger partial charge on any atom is -0.382 e. The van der Waals surface area contributed by atoms with Gasteiger partial charge in [-0.15, -0.1) is 0 Å². The molecule has 0 atom stereocenters. The van der Waals surface area contributed by atoms with Crippen LogP contribution in [0, 0.1) is 5.92 Å². The Morgan fingerprint density at radius 2 is 2.00 bits per heavy atom. The summed E-state index contributed by atoms with van der Waals surface area (Å²) < 4.78 is 0. The van der Waals surface area contributed by atoms with Crippen molar-refractivity contribution in [2.24, 2.45) is 5.92 Å². The molecule has 0 aliphatic heterocycles. The Labute approximate surface area is 112 Å². The predicted octanol–water partition coefficient (Wildman–Crippen LogP) is -0.0491. The molecule has 0 saturated carbocycles. The Kier molecular flexibility index (Phi) is 5.72. The molecule has 0 bridgehead atoms. The first-order valence-corrected chi connectivity index (χ1v) is 6.11. The van der Waals surface area contributed by atoms with Gasteiger partial charge in [0.2, 0.25) is 5.91 Å². The zero-order valence-corrected chi connectivity index (χ0v) is 11.1. The number of nitrogens with two attached hydrogens (primary N) is 1. The summed E-state index contributed by atoms with van der Waals surface area (Å²) in [5.41, 5.74) is 5.54. The highest BCUT2D eigenvalue weighted by Gasteiger charge is 2.08. The van der Waals surface area contributed by atoms with Gasteiger partial charge in [0.05, 0.1) is 12.4 Å². The van der Waals surface area contributed by atoms with Crippen molar-refractivity contribution in [3.05, 3.63) is 18.1 Å². The summed E-state index contributed by atoms with van der Waals surface area (Å²) in [5, 5.41) is 5.36. The maximum absolute atomic E-state index is 11.6. The normalized spacial score (nSPS) is 10.3. The molecule has 0 fully saturated rings. The zero-order valence-electron chi connectivity index (χ0n) is 11.1. The van der Waals surface area contributed by atoms with E-state index in [9.17, 15) is 9.59 Å². The summed E-state index contributed by atoms with van der Waals surface area (Å²) in [6.07, 6.45) is 2.84. The van der Waals surface area contributed by atoms with Crippen LogP contribution < -0.4 is 16.4 Å². The van der Waals surface area contributed by atoms with Crippen molar-refractivity contribution in [1.82, 2.24) is 20.6 Å². The molecule has 104 valence electrons. The van der Waals surface area contributed by atoms with E-state index in [2.05, 4.69) is 20.6 Å². The molecule has 4 N–H and O–H groups in total. The van der Waals surface area contributed by atoms with E-state index in [0.717, 1.165) is 0 Å². The summed E-state index contributed by atoms with van der Waals surface area (Å²) in [7, 11) is 0. The highest BCUT2D eigenvalue weighted by atomic mass is 16.2. The van der Waals surface area contributed by atoms with E-state index in [1.54, 1.807) is 0 Å². The fourth-order valence-corrected chi connectivity index (χ4v) is 1.24. The van der Waals surface area contributed by atoms with E-state index in [-0.39, 0.29) is 36.3 Å². The molecule has 0 spiro atoms. The number of hydrogen-bond acceptors (Lipinski definition) is 5. The maximum Gasteiger partial charge on any atom is 0.271 e. The molecule has 1 rings (SSSR count). The third-order valence-corrected chi connectivity index (χ3v) is 2.25. The average Bonchev–Trinajstić information content (AvgIpc) is 2.37. The number of nitrogens with zero attached hydrogens (tertiary/aromatic N) is 2. The predicted molar refractivity (Wildman–Crippen MR) is 71.2 cm³/mol. The monoisotopic (exact) mass is 265 g/mol. The maximum atomic E-state index is 11.6. The van der Waals surface area contributed by atoms with E-state index < -0.39 is 0 Å². The van der Waals surface area contributed by atoms with Crippen LogP contribution in [0.1, 0.15) is 30.8 Å². The molecule has 0 unspecified atom stereocenters. The summed E-state index contributed by atoms with van der Waals surface area (Å²) >= 11 is 0. The Morgan fingerprint density at radius 3 is 2.58 bits per heavy atom. The van der Waals surface area contributed by atoms with Crippen molar-refractivity contribution in [1.29, 1.82) is 0 Å². The van der Waals surface area contributed by atoms with Crippen LogP contribution in [0.2, 0.25) is 0 Å². The minimum absolute atomic E-state index is 0.0857. The van der Waals surface area contributed by atoms with Crippen LogP contribution in [-0.2, 0) is 4.79 Å². The average molecular weight is 265 g/mol. The van der Waals surface area contributed by atoms with Crippen LogP contribution in [-0.4, -0.2) is 34.9 Å². The van der Waals surface area contributed by atoms with Gasteiger partial charge in [0.15, 0.2) is 0 Å². The summed E-state index contributed by atoms with van der Waals surface area (Å²) in [6.45, 7) is 4.93. The van der Waals surface area contributed by atoms with Gasteiger partial charge >= 0.3 is 0 Å². The van der Waals surface area contributed by atoms with Crippen molar-refractivity contribution in [3.8, 4) is 0 Å². The third kappa shape index (κ3) is 5.80. The molecule has 0 aliphatic carbocycles. The topological polar surface area (TPSA) is 110 Å². The van der Waals surface area contributed by atoms with Crippen molar-refractivity contribution in [2.75, 3.05) is 18.8 Å².